The number of benzene rings is 1. The van der Waals surface area contributed by atoms with Crippen LogP contribution in [0.4, 0.5) is 0 Å². The maximum atomic E-state index is 11.5. The Balaban J connectivity index is 2.31. The van der Waals surface area contributed by atoms with Gasteiger partial charge in [0.25, 0.3) is 0 Å². The summed E-state index contributed by atoms with van der Waals surface area (Å²) in [5, 5.41) is 1.13. The van der Waals surface area contributed by atoms with Gasteiger partial charge < -0.3 is 5.73 Å². The minimum Gasteiger partial charge on any atom is -0.370 e. The van der Waals surface area contributed by atoms with Crippen LogP contribution < -0.4 is 5.73 Å². The second-order valence-corrected chi connectivity index (χ2v) is 3.62. The Morgan fingerprint density at radius 1 is 1.24 bits per heavy atom. The van der Waals surface area contributed by atoms with Gasteiger partial charge in [0, 0.05) is 19.9 Å². The van der Waals surface area contributed by atoms with Crippen molar-refractivity contribution in [3.63, 3.8) is 0 Å². The molecule has 2 amide bonds. The lowest BCUT2D eigenvalue weighted by molar-refractivity contribution is -0.182. The van der Waals surface area contributed by atoms with E-state index in [2.05, 4.69) is 0 Å². The Morgan fingerprint density at radius 3 is 2.47 bits per heavy atom. The molecule has 0 aliphatic heterocycles. The van der Waals surface area contributed by atoms with Crippen LogP contribution in [0.5, 0.6) is 0 Å². The molecular formula is C12H16N2O3. The Morgan fingerprint density at radius 2 is 1.88 bits per heavy atom. The first-order valence-corrected chi connectivity index (χ1v) is 5.31. The summed E-state index contributed by atoms with van der Waals surface area (Å²) in [6.07, 6.45) is 0.110. The predicted octanol–water partition coefficient (Wildman–Crippen LogP) is 0.842. The molecule has 0 radical (unpaired) electrons. The first kappa shape index (κ1) is 13.2. The largest absolute Gasteiger partial charge is 0.370 e. The SMILES string of the molecule is CN(OCc1ccccc1)C(=O)CCC(N)=O. The van der Waals surface area contributed by atoms with E-state index in [1.54, 1.807) is 0 Å². The van der Waals surface area contributed by atoms with Crippen LogP contribution in [0.1, 0.15) is 18.4 Å². The number of nitrogens with two attached hydrogens (primary N) is 1. The van der Waals surface area contributed by atoms with Crippen molar-refractivity contribution in [2.45, 2.75) is 19.4 Å². The van der Waals surface area contributed by atoms with E-state index in [0.717, 1.165) is 10.6 Å². The number of carbonyl (C=O) groups excluding carboxylic acids is 2. The third kappa shape index (κ3) is 5.12. The Bertz CT molecular complexity index is 379. The Hall–Kier alpha value is -1.88. The number of rotatable bonds is 6. The summed E-state index contributed by atoms with van der Waals surface area (Å²) in [5.74, 6) is -0.755. The van der Waals surface area contributed by atoms with E-state index in [0.29, 0.717) is 6.61 Å². The van der Waals surface area contributed by atoms with Crippen LogP contribution >= 0.6 is 0 Å². The van der Waals surface area contributed by atoms with E-state index in [9.17, 15) is 9.59 Å². The average Bonchev–Trinajstić information content (AvgIpc) is 2.34. The highest BCUT2D eigenvalue weighted by atomic mass is 16.7. The van der Waals surface area contributed by atoms with Gasteiger partial charge in [-0.15, -0.1) is 0 Å². The van der Waals surface area contributed by atoms with Crippen LogP contribution in [0.3, 0.4) is 0 Å². The van der Waals surface area contributed by atoms with E-state index >= 15 is 0 Å². The van der Waals surface area contributed by atoms with Crippen molar-refractivity contribution >= 4 is 11.8 Å². The zero-order valence-corrected chi connectivity index (χ0v) is 9.76. The number of amides is 2. The number of hydroxylamine groups is 2. The molecule has 0 spiro atoms. The zero-order valence-electron chi connectivity index (χ0n) is 9.76. The second kappa shape index (κ2) is 6.65. The smallest absolute Gasteiger partial charge is 0.246 e. The fourth-order valence-electron chi connectivity index (χ4n) is 1.21. The van der Waals surface area contributed by atoms with Crippen molar-refractivity contribution in [3.05, 3.63) is 35.9 Å². The summed E-state index contributed by atoms with van der Waals surface area (Å²) in [6, 6.07) is 9.51. The fraction of sp³-hybridized carbons (Fsp3) is 0.333. The molecule has 0 aliphatic rings. The Labute approximate surface area is 100 Å². The highest BCUT2D eigenvalue weighted by Crippen LogP contribution is 2.03. The van der Waals surface area contributed by atoms with Crippen molar-refractivity contribution < 1.29 is 14.4 Å². The first-order chi connectivity index (χ1) is 8.09. The van der Waals surface area contributed by atoms with Crippen LogP contribution in [-0.2, 0) is 21.0 Å². The number of carbonyl (C=O) groups is 2. The van der Waals surface area contributed by atoms with Gasteiger partial charge in [-0.1, -0.05) is 30.3 Å². The molecular weight excluding hydrogens is 220 g/mol. The minimum atomic E-state index is -0.491. The molecule has 17 heavy (non-hydrogen) atoms. The Kier molecular flexibility index (Phi) is 5.16. The lowest BCUT2D eigenvalue weighted by Crippen LogP contribution is -2.27. The van der Waals surface area contributed by atoms with Gasteiger partial charge in [0.05, 0.1) is 0 Å². The van der Waals surface area contributed by atoms with E-state index in [1.165, 1.54) is 7.05 Å². The molecule has 0 fully saturated rings. The van der Waals surface area contributed by atoms with E-state index < -0.39 is 5.91 Å². The lowest BCUT2D eigenvalue weighted by Gasteiger charge is -2.16. The number of hydrogen-bond acceptors (Lipinski definition) is 3. The highest BCUT2D eigenvalue weighted by molar-refractivity contribution is 5.82. The first-order valence-electron chi connectivity index (χ1n) is 5.31. The monoisotopic (exact) mass is 236 g/mol. The molecule has 5 nitrogen and oxygen atoms in total. The van der Waals surface area contributed by atoms with Crippen LogP contribution in [0.25, 0.3) is 0 Å². The molecule has 0 heterocycles. The van der Waals surface area contributed by atoms with Crippen molar-refractivity contribution in [2.75, 3.05) is 7.05 Å². The molecule has 0 aliphatic carbocycles. The summed E-state index contributed by atoms with van der Waals surface area (Å²) in [6.45, 7) is 0.319. The van der Waals surface area contributed by atoms with Crippen LogP contribution in [0, 0.1) is 0 Å². The summed E-state index contributed by atoms with van der Waals surface area (Å²) in [5.41, 5.74) is 5.93. The number of nitrogens with zero attached hydrogens (tertiary/aromatic N) is 1. The molecule has 92 valence electrons. The van der Waals surface area contributed by atoms with Crippen LogP contribution in [0.15, 0.2) is 30.3 Å². The summed E-state index contributed by atoms with van der Waals surface area (Å²) in [4.78, 5) is 27.2. The van der Waals surface area contributed by atoms with E-state index in [-0.39, 0.29) is 18.7 Å². The average molecular weight is 236 g/mol. The zero-order chi connectivity index (χ0) is 12.7. The molecule has 0 bridgehead atoms. The molecule has 2 N–H and O–H groups in total. The lowest BCUT2D eigenvalue weighted by atomic mass is 10.2. The van der Waals surface area contributed by atoms with Crippen molar-refractivity contribution in [1.29, 1.82) is 0 Å². The molecule has 1 aromatic carbocycles. The van der Waals surface area contributed by atoms with Crippen molar-refractivity contribution in [1.82, 2.24) is 5.06 Å². The molecule has 1 aromatic rings. The van der Waals surface area contributed by atoms with Gasteiger partial charge in [0.15, 0.2) is 0 Å². The molecule has 0 saturated carbocycles. The van der Waals surface area contributed by atoms with Crippen molar-refractivity contribution in [3.8, 4) is 0 Å². The maximum Gasteiger partial charge on any atom is 0.246 e. The molecule has 0 atom stereocenters. The summed E-state index contributed by atoms with van der Waals surface area (Å²) in [7, 11) is 1.52. The molecule has 0 unspecified atom stereocenters. The van der Waals surface area contributed by atoms with Crippen LogP contribution in [-0.4, -0.2) is 23.9 Å². The highest BCUT2D eigenvalue weighted by Gasteiger charge is 2.10. The standard InChI is InChI=1S/C12H16N2O3/c1-14(12(16)8-7-11(13)15)17-9-10-5-3-2-4-6-10/h2-6H,7-9H2,1H3,(H2,13,15). The van der Waals surface area contributed by atoms with Gasteiger partial charge in [-0.2, -0.15) is 0 Å². The summed E-state index contributed by atoms with van der Waals surface area (Å²) < 4.78 is 0. The number of primary amides is 1. The van der Waals surface area contributed by atoms with E-state index in [4.69, 9.17) is 10.6 Å². The van der Waals surface area contributed by atoms with Crippen LogP contribution in [0.2, 0.25) is 0 Å². The van der Waals surface area contributed by atoms with E-state index in [1.807, 2.05) is 30.3 Å². The van der Waals surface area contributed by atoms with Gasteiger partial charge in [0.1, 0.15) is 6.61 Å². The second-order valence-electron chi connectivity index (χ2n) is 3.62. The predicted molar refractivity (Wildman–Crippen MR) is 62.4 cm³/mol. The summed E-state index contributed by atoms with van der Waals surface area (Å²) >= 11 is 0. The third-order valence-corrected chi connectivity index (χ3v) is 2.20. The van der Waals surface area contributed by atoms with Crippen molar-refractivity contribution in [2.24, 2.45) is 5.73 Å². The molecule has 1 rings (SSSR count). The topological polar surface area (TPSA) is 72.6 Å². The normalized spacial score (nSPS) is 9.94. The fourth-order valence-corrected chi connectivity index (χ4v) is 1.21. The minimum absolute atomic E-state index is 0.0396. The van der Waals surface area contributed by atoms with Gasteiger partial charge in [-0.25, -0.2) is 5.06 Å². The van der Waals surface area contributed by atoms with Gasteiger partial charge in [0.2, 0.25) is 11.8 Å². The van der Waals surface area contributed by atoms with Gasteiger partial charge in [-0.3, -0.25) is 14.4 Å². The number of hydrogen-bond donors (Lipinski definition) is 1. The molecule has 5 heteroatoms. The quantitative estimate of drug-likeness (QED) is 0.744. The molecule has 0 aromatic heterocycles. The molecule has 0 saturated heterocycles. The third-order valence-electron chi connectivity index (χ3n) is 2.20. The van der Waals surface area contributed by atoms with Gasteiger partial charge in [-0.05, 0) is 5.56 Å². The maximum absolute atomic E-state index is 11.5. The van der Waals surface area contributed by atoms with Gasteiger partial charge >= 0.3 is 0 Å².